The second-order valence-electron chi connectivity index (χ2n) is 4.15. The van der Waals surface area contributed by atoms with Crippen LogP contribution in [-0.2, 0) is 4.79 Å². The van der Waals surface area contributed by atoms with Crippen LogP contribution in [0.5, 0.6) is 5.75 Å². The van der Waals surface area contributed by atoms with Crippen molar-refractivity contribution in [2.24, 2.45) is 0 Å². The lowest BCUT2D eigenvalue weighted by Gasteiger charge is -2.18. The number of carbonyl (C=O) groups is 1. The number of benzene rings is 2. The molecule has 1 amide bonds. The molecule has 98 valence electrons. The molecule has 0 aliphatic rings. The van der Waals surface area contributed by atoms with Gasteiger partial charge in [0, 0.05) is 5.56 Å². The third kappa shape index (κ3) is 3.11. The lowest BCUT2D eigenvalue weighted by atomic mass is 10.1. The molecule has 2 aromatic carbocycles. The Bertz CT molecular complexity index is 554. The molecular formula is C15H15NO3. The number of aryl methyl sites for hydroxylation is 1. The van der Waals surface area contributed by atoms with Crippen LogP contribution in [0.3, 0.4) is 0 Å². The predicted molar refractivity (Wildman–Crippen MR) is 70.9 cm³/mol. The lowest BCUT2D eigenvalue weighted by molar-refractivity contribution is -0.136. The fourth-order valence-corrected chi connectivity index (χ4v) is 1.78. The van der Waals surface area contributed by atoms with Crippen LogP contribution >= 0.6 is 0 Å². The molecule has 2 rings (SSSR count). The number of hydrogen-bond acceptors (Lipinski definition) is 3. The topological polar surface area (TPSA) is 58.6 Å². The highest BCUT2D eigenvalue weighted by molar-refractivity contribution is 5.81. The van der Waals surface area contributed by atoms with E-state index in [9.17, 15) is 4.79 Å². The van der Waals surface area contributed by atoms with Crippen molar-refractivity contribution in [1.82, 2.24) is 5.48 Å². The van der Waals surface area contributed by atoms with Gasteiger partial charge in [0.25, 0.3) is 5.91 Å². The SMILES string of the molecule is Cc1ccccc1OC(C(=O)NO)c1ccccc1. The summed E-state index contributed by atoms with van der Waals surface area (Å²) in [6.45, 7) is 1.90. The van der Waals surface area contributed by atoms with Gasteiger partial charge in [0.05, 0.1) is 0 Å². The van der Waals surface area contributed by atoms with Gasteiger partial charge in [-0.1, -0.05) is 48.5 Å². The minimum absolute atomic E-state index is 0.602. The fraction of sp³-hybridized carbons (Fsp3) is 0.133. The Hall–Kier alpha value is -2.33. The number of ether oxygens (including phenoxy) is 1. The molecule has 0 saturated carbocycles. The maximum Gasteiger partial charge on any atom is 0.289 e. The average Bonchev–Trinajstić information content (AvgIpc) is 2.46. The number of rotatable bonds is 4. The van der Waals surface area contributed by atoms with Crippen LogP contribution in [-0.4, -0.2) is 11.1 Å². The molecule has 1 unspecified atom stereocenters. The maximum absolute atomic E-state index is 11.7. The maximum atomic E-state index is 11.7. The largest absolute Gasteiger partial charge is 0.475 e. The van der Waals surface area contributed by atoms with E-state index in [1.165, 1.54) is 0 Å². The molecular weight excluding hydrogens is 242 g/mol. The number of hydroxylamine groups is 1. The van der Waals surface area contributed by atoms with Gasteiger partial charge in [-0.3, -0.25) is 10.0 Å². The van der Waals surface area contributed by atoms with Crippen LogP contribution < -0.4 is 10.2 Å². The van der Waals surface area contributed by atoms with E-state index in [4.69, 9.17) is 9.94 Å². The summed E-state index contributed by atoms with van der Waals surface area (Å²) in [6, 6.07) is 16.4. The third-order valence-corrected chi connectivity index (χ3v) is 2.79. The highest BCUT2D eigenvalue weighted by Crippen LogP contribution is 2.24. The molecule has 0 spiro atoms. The number of hydrogen-bond donors (Lipinski definition) is 2. The molecule has 4 heteroatoms. The Kier molecular flexibility index (Phi) is 4.15. The van der Waals surface area contributed by atoms with Crippen molar-refractivity contribution in [3.8, 4) is 5.75 Å². The van der Waals surface area contributed by atoms with Crippen LogP contribution in [0.2, 0.25) is 0 Å². The van der Waals surface area contributed by atoms with E-state index in [0.717, 1.165) is 5.56 Å². The molecule has 19 heavy (non-hydrogen) atoms. The van der Waals surface area contributed by atoms with Gasteiger partial charge in [0.15, 0.2) is 0 Å². The van der Waals surface area contributed by atoms with Crippen LogP contribution in [0.1, 0.15) is 17.2 Å². The van der Waals surface area contributed by atoms with Gasteiger partial charge in [-0.05, 0) is 18.6 Å². The molecule has 0 bridgehead atoms. The first-order valence-corrected chi connectivity index (χ1v) is 5.93. The van der Waals surface area contributed by atoms with E-state index in [2.05, 4.69) is 0 Å². The summed E-state index contributed by atoms with van der Waals surface area (Å²) in [4.78, 5) is 11.7. The molecule has 4 nitrogen and oxygen atoms in total. The first kappa shape index (κ1) is 13.1. The van der Waals surface area contributed by atoms with Crippen molar-refractivity contribution in [2.75, 3.05) is 0 Å². The minimum atomic E-state index is -0.882. The summed E-state index contributed by atoms with van der Waals surface area (Å²) in [7, 11) is 0. The number of nitrogens with one attached hydrogen (secondary N) is 1. The zero-order valence-corrected chi connectivity index (χ0v) is 10.5. The summed E-state index contributed by atoms with van der Waals surface area (Å²) in [5.41, 5.74) is 3.24. The zero-order valence-electron chi connectivity index (χ0n) is 10.5. The van der Waals surface area contributed by atoms with E-state index >= 15 is 0 Å². The normalized spacial score (nSPS) is 11.7. The van der Waals surface area contributed by atoms with Gasteiger partial charge in [0.1, 0.15) is 5.75 Å². The smallest absolute Gasteiger partial charge is 0.289 e. The monoisotopic (exact) mass is 257 g/mol. The Balaban J connectivity index is 2.30. The Labute approximate surface area is 111 Å². The van der Waals surface area contributed by atoms with Crippen molar-refractivity contribution < 1.29 is 14.7 Å². The summed E-state index contributed by atoms with van der Waals surface area (Å²) < 4.78 is 5.71. The van der Waals surface area contributed by atoms with Gasteiger partial charge in [0.2, 0.25) is 6.10 Å². The number of amides is 1. The van der Waals surface area contributed by atoms with E-state index in [1.807, 2.05) is 43.3 Å². The molecule has 2 aromatic rings. The van der Waals surface area contributed by atoms with Crippen molar-refractivity contribution in [1.29, 1.82) is 0 Å². The van der Waals surface area contributed by atoms with Gasteiger partial charge in [-0.25, -0.2) is 5.48 Å². The average molecular weight is 257 g/mol. The van der Waals surface area contributed by atoms with Gasteiger partial charge < -0.3 is 4.74 Å². The molecule has 0 aromatic heterocycles. The van der Waals surface area contributed by atoms with E-state index in [-0.39, 0.29) is 0 Å². The number of para-hydroxylation sites is 1. The van der Waals surface area contributed by atoms with Crippen LogP contribution in [0.4, 0.5) is 0 Å². The molecule has 0 aliphatic carbocycles. The Morgan fingerprint density at radius 3 is 2.37 bits per heavy atom. The zero-order chi connectivity index (χ0) is 13.7. The first-order valence-electron chi connectivity index (χ1n) is 5.93. The van der Waals surface area contributed by atoms with Gasteiger partial charge >= 0.3 is 0 Å². The van der Waals surface area contributed by atoms with E-state index in [0.29, 0.717) is 11.3 Å². The molecule has 0 heterocycles. The van der Waals surface area contributed by atoms with Gasteiger partial charge in [-0.15, -0.1) is 0 Å². The molecule has 0 fully saturated rings. The molecule has 2 N–H and O–H groups in total. The minimum Gasteiger partial charge on any atom is -0.475 e. The van der Waals surface area contributed by atoms with Crippen LogP contribution in [0, 0.1) is 6.92 Å². The molecule has 1 atom stereocenters. The quantitative estimate of drug-likeness (QED) is 0.654. The molecule has 0 radical (unpaired) electrons. The Morgan fingerprint density at radius 1 is 1.11 bits per heavy atom. The molecule has 0 aliphatic heterocycles. The fourth-order valence-electron chi connectivity index (χ4n) is 1.78. The summed E-state index contributed by atoms with van der Waals surface area (Å²) in [5, 5.41) is 8.83. The second-order valence-corrected chi connectivity index (χ2v) is 4.15. The molecule has 0 saturated heterocycles. The summed E-state index contributed by atoms with van der Waals surface area (Å²) in [5.74, 6) is 0.00871. The standard InChI is InChI=1S/C15H15NO3/c1-11-7-5-6-10-13(11)19-14(15(17)16-18)12-8-3-2-4-9-12/h2-10,14,18H,1H3,(H,16,17). The van der Waals surface area contributed by atoms with Crippen molar-refractivity contribution in [3.63, 3.8) is 0 Å². The summed E-state index contributed by atoms with van der Waals surface area (Å²) >= 11 is 0. The van der Waals surface area contributed by atoms with Crippen molar-refractivity contribution in [2.45, 2.75) is 13.0 Å². The Morgan fingerprint density at radius 2 is 1.74 bits per heavy atom. The van der Waals surface area contributed by atoms with Crippen LogP contribution in [0.15, 0.2) is 54.6 Å². The van der Waals surface area contributed by atoms with Crippen molar-refractivity contribution in [3.05, 3.63) is 65.7 Å². The predicted octanol–water partition coefficient (Wildman–Crippen LogP) is 2.62. The van der Waals surface area contributed by atoms with E-state index in [1.54, 1.807) is 23.7 Å². The third-order valence-electron chi connectivity index (χ3n) is 2.79. The lowest BCUT2D eigenvalue weighted by Crippen LogP contribution is -2.30. The van der Waals surface area contributed by atoms with Crippen molar-refractivity contribution >= 4 is 5.91 Å². The first-order chi connectivity index (χ1) is 9.22. The summed E-state index contributed by atoms with van der Waals surface area (Å²) in [6.07, 6.45) is -0.882. The second kappa shape index (κ2) is 6.02. The highest BCUT2D eigenvalue weighted by atomic mass is 16.5. The number of carbonyl (C=O) groups excluding carboxylic acids is 1. The van der Waals surface area contributed by atoms with Gasteiger partial charge in [-0.2, -0.15) is 0 Å². The van der Waals surface area contributed by atoms with E-state index < -0.39 is 12.0 Å². The van der Waals surface area contributed by atoms with Crippen LogP contribution in [0.25, 0.3) is 0 Å². The highest BCUT2D eigenvalue weighted by Gasteiger charge is 2.22.